The van der Waals surface area contributed by atoms with E-state index in [-0.39, 0.29) is 12.1 Å². The van der Waals surface area contributed by atoms with Gasteiger partial charge in [-0.25, -0.2) is 4.98 Å². The first-order chi connectivity index (χ1) is 11.7. The van der Waals surface area contributed by atoms with E-state index in [0.717, 1.165) is 22.6 Å². The van der Waals surface area contributed by atoms with Crippen molar-refractivity contribution in [3.8, 4) is 0 Å². The lowest BCUT2D eigenvalue weighted by Gasteiger charge is -2.37. The molecule has 1 aliphatic rings. The van der Waals surface area contributed by atoms with Gasteiger partial charge in [0.25, 0.3) is 5.91 Å². The minimum atomic E-state index is -0.321. The Morgan fingerprint density at radius 2 is 2.08 bits per heavy atom. The van der Waals surface area contributed by atoms with Crippen LogP contribution in [0.25, 0.3) is 0 Å². The number of benzene rings is 1. The molecule has 3 aromatic rings. The van der Waals surface area contributed by atoms with Crippen molar-refractivity contribution in [2.24, 2.45) is 0 Å². The average Bonchev–Trinajstić information content (AvgIpc) is 3.04. The summed E-state index contributed by atoms with van der Waals surface area (Å²) in [6, 6.07) is 11.4. The van der Waals surface area contributed by atoms with Gasteiger partial charge in [0.2, 0.25) is 0 Å². The SMILES string of the molecule is Cc1[nH]cnc1[C@H]1Nc2ccccc2C(=O)N1Cc1cccnc1. The molecule has 0 spiro atoms. The Kier molecular flexibility index (Phi) is 3.49. The zero-order valence-corrected chi connectivity index (χ0v) is 13.2. The number of rotatable bonds is 3. The van der Waals surface area contributed by atoms with Crippen molar-refractivity contribution in [3.05, 3.63) is 77.6 Å². The Morgan fingerprint density at radius 1 is 1.21 bits per heavy atom. The van der Waals surface area contributed by atoms with E-state index in [0.29, 0.717) is 12.1 Å². The molecule has 0 aliphatic carbocycles. The van der Waals surface area contributed by atoms with Crippen LogP contribution in [0.3, 0.4) is 0 Å². The zero-order chi connectivity index (χ0) is 16.5. The number of pyridine rings is 1. The molecule has 0 bridgehead atoms. The van der Waals surface area contributed by atoms with Crippen LogP contribution in [0.1, 0.15) is 33.5 Å². The van der Waals surface area contributed by atoms with Gasteiger partial charge in [-0.2, -0.15) is 0 Å². The number of hydrogen-bond donors (Lipinski definition) is 2. The summed E-state index contributed by atoms with van der Waals surface area (Å²) in [5, 5.41) is 3.44. The number of aromatic amines is 1. The van der Waals surface area contributed by atoms with Crippen molar-refractivity contribution in [1.29, 1.82) is 0 Å². The van der Waals surface area contributed by atoms with Crippen LogP contribution in [0.4, 0.5) is 5.69 Å². The third kappa shape index (κ3) is 2.42. The Balaban J connectivity index is 1.77. The number of para-hydroxylation sites is 1. The third-order valence-corrected chi connectivity index (χ3v) is 4.23. The second-order valence-electron chi connectivity index (χ2n) is 5.80. The van der Waals surface area contributed by atoms with Crippen LogP contribution in [0, 0.1) is 6.92 Å². The molecule has 120 valence electrons. The molecular weight excluding hydrogens is 302 g/mol. The Hall–Kier alpha value is -3.15. The van der Waals surface area contributed by atoms with Crippen LogP contribution >= 0.6 is 0 Å². The van der Waals surface area contributed by atoms with Gasteiger partial charge in [-0.05, 0) is 30.7 Å². The normalized spacial score (nSPS) is 16.6. The van der Waals surface area contributed by atoms with Crippen LogP contribution in [-0.2, 0) is 6.54 Å². The molecule has 0 saturated carbocycles. The van der Waals surface area contributed by atoms with Crippen molar-refractivity contribution >= 4 is 11.6 Å². The fourth-order valence-corrected chi connectivity index (χ4v) is 3.01. The number of aromatic nitrogens is 3. The van der Waals surface area contributed by atoms with Crippen molar-refractivity contribution < 1.29 is 4.79 Å². The maximum Gasteiger partial charge on any atom is 0.258 e. The van der Waals surface area contributed by atoms with Gasteiger partial charge in [-0.15, -0.1) is 0 Å². The number of anilines is 1. The molecule has 1 amide bonds. The highest BCUT2D eigenvalue weighted by atomic mass is 16.2. The molecule has 1 aliphatic heterocycles. The first-order valence-corrected chi connectivity index (χ1v) is 7.79. The molecule has 1 atom stereocenters. The number of carbonyl (C=O) groups excluding carboxylic acids is 1. The second kappa shape index (κ2) is 5.81. The first kappa shape index (κ1) is 14.4. The molecule has 0 fully saturated rings. The van der Waals surface area contributed by atoms with Crippen LogP contribution in [-0.4, -0.2) is 25.8 Å². The monoisotopic (exact) mass is 319 g/mol. The summed E-state index contributed by atoms with van der Waals surface area (Å²) in [6.45, 7) is 2.42. The van der Waals surface area contributed by atoms with Gasteiger partial charge in [-0.3, -0.25) is 9.78 Å². The summed E-state index contributed by atoms with van der Waals surface area (Å²) in [7, 11) is 0. The van der Waals surface area contributed by atoms with E-state index in [9.17, 15) is 4.79 Å². The summed E-state index contributed by atoms with van der Waals surface area (Å²) >= 11 is 0. The lowest BCUT2D eigenvalue weighted by Crippen LogP contribution is -2.42. The van der Waals surface area contributed by atoms with Crippen LogP contribution in [0.2, 0.25) is 0 Å². The van der Waals surface area contributed by atoms with Gasteiger partial charge in [0.15, 0.2) is 0 Å². The molecule has 0 unspecified atom stereocenters. The summed E-state index contributed by atoms with van der Waals surface area (Å²) in [6.07, 6.45) is 4.84. The number of fused-ring (bicyclic) bond motifs is 1. The van der Waals surface area contributed by atoms with Crippen molar-refractivity contribution in [3.63, 3.8) is 0 Å². The molecule has 2 N–H and O–H groups in total. The number of hydrogen-bond acceptors (Lipinski definition) is 4. The predicted octanol–water partition coefficient (Wildman–Crippen LogP) is 2.88. The predicted molar refractivity (Wildman–Crippen MR) is 90.2 cm³/mol. The van der Waals surface area contributed by atoms with Crippen molar-refractivity contribution in [1.82, 2.24) is 19.9 Å². The van der Waals surface area contributed by atoms with E-state index in [1.54, 1.807) is 23.6 Å². The van der Waals surface area contributed by atoms with Gasteiger partial charge in [-0.1, -0.05) is 18.2 Å². The van der Waals surface area contributed by atoms with Crippen molar-refractivity contribution in [2.45, 2.75) is 19.6 Å². The minimum Gasteiger partial charge on any atom is -0.359 e. The van der Waals surface area contributed by atoms with Gasteiger partial charge in [0.05, 0.1) is 11.9 Å². The largest absolute Gasteiger partial charge is 0.359 e. The molecule has 6 heteroatoms. The summed E-state index contributed by atoms with van der Waals surface area (Å²) in [5.41, 5.74) is 4.24. The number of carbonyl (C=O) groups is 1. The Labute approximate surface area is 139 Å². The van der Waals surface area contributed by atoms with E-state index in [2.05, 4.69) is 20.3 Å². The van der Waals surface area contributed by atoms with Gasteiger partial charge in [0, 0.05) is 30.3 Å². The maximum atomic E-state index is 13.1. The Morgan fingerprint density at radius 3 is 2.83 bits per heavy atom. The number of H-pyrrole nitrogens is 1. The fraction of sp³-hybridized carbons (Fsp3) is 0.167. The smallest absolute Gasteiger partial charge is 0.258 e. The fourth-order valence-electron chi connectivity index (χ4n) is 3.01. The lowest BCUT2D eigenvalue weighted by atomic mass is 10.0. The lowest BCUT2D eigenvalue weighted by molar-refractivity contribution is 0.0662. The number of nitrogens with one attached hydrogen (secondary N) is 2. The van der Waals surface area contributed by atoms with E-state index in [1.807, 2.05) is 43.3 Å². The van der Waals surface area contributed by atoms with E-state index < -0.39 is 0 Å². The van der Waals surface area contributed by atoms with E-state index in [1.165, 1.54) is 0 Å². The molecule has 2 aromatic heterocycles. The topological polar surface area (TPSA) is 73.9 Å². The summed E-state index contributed by atoms with van der Waals surface area (Å²) in [5.74, 6) is -0.0133. The number of imidazole rings is 1. The van der Waals surface area contributed by atoms with Crippen LogP contribution in [0.5, 0.6) is 0 Å². The van der Waals surface area contributed by atoms with Gasteiger partial charge in [0.1, 0.15) is 11.9 Å². The summed E-state index contributed by atoms with van der Waals surface area (Å²) in [4.78, 5) is 26.5. The second-order valence-corrected chi connectivity index (χ2v) is 5.80. The molecule has 3 heterocycles. The van der Waals surface area contributed by atoms with Crippen LogP contribution < -0.4 is 5.32 Å². The highest BCUT2D eigenvalue weighted by Gasteiger charge is 2.34. The highest BCUT2D eigenvalue weighted by molar-refractivity contribution is 6.01. The van der Waals surface area contributed by atoms with E-state index in [4.69, 9.17) is 0 Å². The Bertz CT molecular complexity index is 874. The number of nitrogens with zero attached hydrogens (tertiary/aromatic N) is 3. The average molecular weight is 319 g/mol. The number of amides is 1. The maximum absolute atomic E-state index is 13.1. The van der Waals surface area contributed by atoms with Crippen LogP contribution in [0.15, 0.2) is 55.1 Å². The third-order valence-electron chi connectivity index (χ3n) is 4.23. The molecule has 1 aromatic carbocycles. The highest BCUT2D eigenvalue weighted by Crippen LogP contribution is 2.34. The van der Waals surface area contributed by atoms with Gasteiger partial charge >= 0.3 is 0 Å². The molecule has 0 saturated heterocycles. The first-order valence-electron chi connectivity index (χ1n) is 7.79. The molecular formula is C18H17N5O. The molecule has 24 heavy (non-hydrogen) atoms. The molecule has 4 rings (SSSR count). The number of aryl methyl sites for hydroxylation is 1. The molecule has 6 nitrogen and oxygen atoms in total. The van der Waals surface area contributed by atoms with Crippen molar-refractivity contribution in [2.75, 3.05) is 5.32 Å². The quantitative estimate of drug-likeness (QED) is 0.778. The molecule has 0 radical (unpaired) electrons. The van der Waals surface area contributed by atoms with E-state index >= 15 is 0 Å². The standard InChI is InChI=1S/C18H17N5O/c1-12-16(21-11-20-12)17-22-15-7-3-2-6-14(15)18(24)23(17)10-13-5-4-8-19-9-13/h2-9,11,17,22H,10H2,1H3,(H,20,21)/t17-/m0/s1. The van der Waals surface area contributed by atoms with Gasteiger partial charge < -0.3 is 15.2 Å². The minimum absolute atomic E-state index is 0.0133. The zero-order valence-electron chi connectivity index (χ0n) is 13.2. The summed E-state index contributed by atoms with van der Waals surface area (Å²) < 4.78 is 0.